The lowest BCUT2D eigenvalue weighted by Gasteiger charge is -2.24. The van der Waals surface area contributed by atoms with E-state index in [0.717, 1.165) is 5.56 Å². The first-order chi connectivity index (χ1) is 11.9. The molecule has 0 fully saturated rings. The minimum absolute atomic E-state index is 0.0471. The molecule has 134 valence electrons. The number of rotatable bonds is 8. The molecule has 1 aromatic carbocycles. The van der Waals surface area contributed by atoms with Crippen LogP contribution < -0.4 is 9.62 Å². The van der Waals surface area contributed by atoms with Crippen LogP contribution in [0.25, 0.3) is 0 Å². The number of carboxylic acids is 1. The van der Waals surface area contributed by atoms with Gasteiger partial charge >= 0.3 is 5.97 Å². The van der Waals surface area contributed by atoms with Gasteiger partial charge in [-0.2, -0.15) is 0 Å². The highest BCUT2D eigenvalue weighted by atomic mass is 32.2. The van der Waals surface area contributed by atoms with Gasteiger partial charge in [0.25, 0.3) is 0 Å². The van der Waals surface area contributed by atoms with Crippen molar-refractivity contribution < 1.29 is 18.3 Å². The molecular weight excluding hydrogens is 342 g/mol. The molecular formula is C17H21N3O4S. The van der Waals surface area contributed by atoms with Crippen LogP contribution in [0.1, 0.15) is 29.8 Å². The normalized spacial score (nSPS) is 11.1. The number of hydrogen-bond acceptors (Lipinski definition) is 5. The Morgan fingerprint density at radius 2 is 1.92 bits per heavy atom. The summed E-state index contributed by atoms with van der Waals surface area (Å²) < 4.78 is 25.7. The second-order valence-electron chi connectivity index (χ2n) is 5.41. The van der Waals surface area contributed by atoms with Gasteiger partial charge in [-0.15, -0.1) is 0 Å². The molecule has 0 unspecified atom stereocenters. The van der Waals surface area contributed by atoms with Crippen LogP contribution in [0.5, 0.6) is 0 Å². The molecule has 0 saturated carbocycles. The van der Waals surface area contributed by atoms with Gasteiger partial charge < -0.3 is 10.0 Å². The topological polar surface area (TPSA) is 99.6 Å². The highest BCUT2D eigenvalue weighted by Gasteiger charge is 2.19. The van der Waals surface area contributed by atoms with Crippen molar-refractivity contribution >= 4 is 27.5 Å². The number of nitrogens with one attached hydrogen (secondary N) is 1. The number of carboxylic acid groups (broad SMARTS) is 1. The van der Waals surface area contributed by atoms with Crippen molar-refractivity contribution in [2.24, 2.45) is 0 Å². The summed E-state index contributed by atoms with van der Waals surface area (Å²) in [6, 6.07) is 10.9. The lowest BCUT2D eigenvalue weighted by Crippen LogP contribution is -2.26. The van der Waals surface area contributed by atoms with Gasteiger partial charge in [0.2, 0.25) is 10.0 Å². The molecule has 8 heteroatoms. The summed E-state index contributed by atoms with van der Waals surface area (Å²) in [4.78, 5) is 17.7. The van der Waals surface area contributed by atoms with Crippen molar-refractivity contribution in [3.63, 3.8) is 0 Å². The molecule has 1 heterocycles. The predicted octanol–water partition coefficient (Wildman–Crippen LogP) is 2.57. The van der Waals surface area contributed by atoms with E-state index in [0.29, 0.717) is 18.9 Å². The summed E-state index contributed by atoms with van der Waals surface area (Å²) in [5.41, 5.74) is 1.12. The van der Waals surface area contributed by atoms with Crippen LogP contribution >= 0.6 is 0 Å². The molecule has 7 nitrogen and oxygen atoms in total. The summed E-state index contributed by atoms with van der Waals surface area (Å²) in [6.45, 7) is 4.47. The Morgan fingerprint density at radius 1 is 1.24 bits per heavy atom. The third-order valence-corrected chi connectivity index (χ3v) is 4.95. The molecule has 0 aliphatic carbocycles. The average molecular weight is 363 g/mol. The summed E-state index contributed by atoms with van der Waals surface area (Å²) in [6.07, 6.45) is 1.34. The van der Waals surface area contributed by atoms with E-state index in [1.807, 2.05) is 42.2 Å². The van der Waals surface area contributed by atoms with Crippen LogP contribution in [-0.4, -0.2) is 36.8 Å². The van der Waals surface area contributed by atoms with Crippen LogP contribution in [0, 0.1) is 0 Å². The van der Waals surface area contributed by atoms with Gasteiger partial charge in [-0.05, 0) is 25.5 Å². The number of aromatic nitrogens is 1. The van der Waals surface area contributed by atoms with Crippen LogP contribution in [0.2, 0.25) is 0 Å². The van der Waals surface area contributed by atoms with E-state index in [4.69, 9.17) is 0 Å². The second-order valence-corrected chi connectivity index (χ2v) is 7.42. The number of nitrogens with zero attached hydrogens (tertiary/aromatic N) is 2. The van der Waals surface area contributed by atoms with Gasteiger partial charge in [0.05, 0.1) is 17.6 Å². The van der Waals surface area contributed by atoms with Crippen molar-refractivity contribution in [1.82, 2.24) is 4.98 Å². The van der Waals surface area contributed by atoms with Crippen molar-refractivity contribution in [3.05, 3.63) is 53.7 Å². The third-order valence-electron chi connectivity index (χ3n) is 3.65. The molecule has 0 spiro atoms. The largest absolute Gasteiger partial charge is 0.478 e. The fraction of sp³-hybridized carbons (Fsp3) is 0.294. The number of benzene rings is 1. The standard InChI is InChI=1S/C17H21N3O4S/c1-3-20(12-13-8-6-5-7-9-13)16-15(17(21)22)10-14(11-18-16)19-25(23,24)4-2/h5-11,19H,3-4,12H2,1-2H3,(H,21,22). The maximum absolute atomic E-state index is 11.7. The van der Waals surface area contributed by atoms with E-state index in [1.54, 1.807) is 0 Å². The zero-order valence-electron chi connectivity index (χ0n) is 14.1. The average Bonchev–Trinajstić information content (AvgIpc) is 2.60. The zero-order valence-corrected chi connectivity index (χ0v) is 15.0. The van der Waals surface area contributed by atoms with Crippen molar-refractivity contribution in [3.8, 4) is 0 Å². The Hall–Kier alpha value is -2.61. The lowest BCUT2D eigenvalue weighted by molar-refractivity contribution is 0.0697. The molecule has 2 aromatic rings. The number of pyridine rings is 1. The Kier molecular flexibility index (Phi) is 5.97. The Labute approximate surface area is 147 Å². The van der Waals surface area contributed by atoms with Gasteiger partial charge in [-0.3, -0.25) is 4.72 Å². The Morgan fingerprint density at radius 3 is 2.48 bits per heavy atom. The number of carbonyl (C=O) groups is 1. The van der Waals surface area contributed by atoms with E-state index in [1.165, 1.54) is 19.2 Å². The maximum Gasteiger partial charge on any atom is 0.339 e. The van der Waals surface area contributed by atoms with Crippen molar-refractivity contribution in [2.75, 3.05) is 21.9 Å². The van der Waals surface area contributed by atoms with E-state index in [9.17, 15) is 18.3 Å². The van der Waals surface area contributed by atoms with E-state index >= 15 is 0 Å². The SMILES string of the molecule is CCN(Cc1ccccc1)c1ncc(NS(=O)(=O)CC)cc1C(=O)O. The molecule has 0 amide bonds. The summed E-state index contributed by atoms with van der Waals surface area (Å²) >= 11 is 0. The Bertz CT molecular complexity index is 838. The van der Waals surface area contributed by atoms with Gasteiger partial charge in [0, 0.05) is 13.1 Å². The molecule has 0 bridgehead atoms. The molecule has 0 radical (unpaired) electrons. The van der Waals surface area contributed by atoms with Crippen LogP contribution in [-0.2, 0) is 16.6 Å². The first-order valence-electron chi connectivity index (χ1n) is 7.89. The van der Waals surface area contributed by atoms with E-state index in [2.05, 4.69) is 9.71 Å². The third kappa shape index (κ3) is 4.93. The van der Waals surface area contributed by atoms with Crippen LogP contribution in [0.4, 0.5) is 11.5 Å². The lowest BCUT2D eigenvalue weighted by atomic mass is 10.2. The minimum atomic E-state index is -3.50. The maximum atomic E-state index is 11.7. The Balaban J connectivity index is 2.37. The molecule has 0 saturated heterocycles. The smallest absolute Gasteiger partial charge is 0.339 e. The number of anilines is 2. The highest BCUT2D eigenvalue weighted by Crippen LogP contribution is 2.23. The van der Waals surface area contributed by atoms with Gasteiger partial charge in [0.15, 0.2) is 0 Å². The molecule has 0 atom stereocenters. The summed E-state index contributed by atoms with van der Waals surface area (Å²) in [5, 5.41) is 9.51. The van der Waals surface area contributed by atoms with Crippen LogP contribution in [0.15, 0.2) is 42.6 Å². The zero-order chi connectivity index (χ0) is 18.4. The van der Waals surface area contributed by atoms with E-state index in [-0.39, 0.29) is 17.0 Å². The molecule has 25 heavy (non-hydrogen) atoms. The molecule has 0 aliphatic heterocycles. The van der Waals surface area contributed by atoms with E-state index < -0.39 is 16.0 Å². The molecule has 0 aliphatic rings. The summed E-state index contributed by atoms with van der Waals surface area (Å²) in [7, 11) is -3.50. The molecule has 1 aromatic heterocycles. The monoisotopic (exact) mass is 363 g/mol. The number of hydrogen-bond donors (Lipinski definition) is 2. The van der Waals surface area contributed by atoms with Gasteiger partial charge in [-0.1, -0.05) is 30.3 Å². The number of aromatic carboxylic acids is 1. The predicted molar refractivity (Wildman–Crippen MR) is 97.4 cm³/mol. The molecule has 2 N–H and O–H groups in total. The first kappa shape index (κ1) is 18.7. The van der Waals surface area contributed by atoms with Gasteiger partial charge in [-0.25, -0.2) is 18.2 Å². The van der Waals surface area contributed by atoms with Crippen LogP contribution in [0.3, 0.4) is 0 Å². The van der Waals surface area contributed by atoms with Crippen molar-refractivity contribution in [2.45, 2.75) is 20.4 Å². The summed E-state index contributed by atoms with van der Waals surface area (Å²) in [5.74, 6) is -0.962. The fourth-order valence-corrected chi connectivity index (χ4v) is 2.93. The minimum Gasteiger partial charge on any atom is -0.478 e. The highest BCUT2D eigenvalue weighted by molar-refractivity contribution is 7.92. The van der Waals surface area contributed by atoms with Crippen molar-refractivity contribution in [1.29, 1.82) is 0 Å². The number of sulfonamides is 1. The molecule has 2 rings (SSSR count). The van der Waals surface area contributed by atoms with Gasteiger partial charge in [0.1, 0.15) is 11.4 Å². The quantitative estimate of drug-likeness (QED) is 0.748. The first-order valence-corrected chi connectivity index (χ1v) is 9.54. The second kappa shape index (κ2) is 7.98. The fourth-order valence-electron chi connectivity index (χ4n) is 2.31.